The Hall–Kier alpha value is -0.970. The summed E-state index contributed by atoms with van der Waals surface area (Å²) in [6, 6.07) is 3.84. The van der Waals surface area contributed by atoms with E-state index < -0.39 is 6.23 Å². The highest BCUT2D eigenvalue weighted by Gasteiger charge is 2.25. The van der Waals surface area contributed by atoms with Gasteiger partial charge in [-0.2, -0.15) is 0 Å². The lowest BCUT2D eigenvalue weighted by Crippen LogP contribution is -2.30. The van der Waals surface area contributed by atoms with Crippen molar-refractivity contribution in [3.05, 3.63) is 30.1 Å². The lowest BCUT2D eigenvalue weighted by Gasteiger charge is -2.11. The van der Waals surface area contributed by atoms with Gasteiger partial charge in [-0.05, 0) is 11.6 Å². The number of aliphatic hydroxyl groups excluding tert-OH is 1. The lowest BCUT2D eigenvalue weighted by atomic mass is 10.0. The summed E-state index contributed by atoms with van der Waals surface area (Å²) < 4.78 is 0. The van der Waals surface area contributed by atoms with Crippen molar-refractivity contribution in [3.8, 4) is 0 Å². The molecule has 4 nitrogen and oxygen atoms in total. The number of nitrogens with one attached hydrogen (secondary N) is 2. The van der Waals surface area contributed by atoms with Crippen LogP contribution in [0.4, 0.5) is 0 Å². The van der Waals surface area contributed by atoms with Gasteiger partial charge < -0.3 is 5.11 Å². The molecule has 2 heterocycles. The maximum absolute atomic E-state index is 9.44. The fourth-order valence-electron chi connectivity index (χ4n) is 1.38. The maximum atomic E-state index is 9.44. The molecule has 1 aromatic rings. The van der Waals surface area contributed by atoms with Gasteiger partial charge in [-0.3, -0.25) is 10.4 Å². The molecule has 1 saturated heterocycles. The summed E-state index contributed by atoms with van der Waals surface area (Å²) in [5.41, 5.74) is 6.70. The average molecular weight is 165 g/mol. The molecular formula is C8H11N3O. The molecule has 0 aliphatic carbocycles. The van der Waals surface area contributed by atoms with Gasteiger partial charge in [0.2, 0.25) is 0 Å². The first-order chi connectivity index (χ1) is 5.88. The molecule has 0 aromatic carbocycles. The Morgan fingerprint density at radius 1 is 1.58 bits per heavy atom. The Labute approximate surface area is 70.6 Å². The van der Waals surface area contributed by atoms with E-state index in [1.54, 1.807) is 12.4 Å². The zero-order chi connectivity index (χ0) is 8.39. The van der Waals surface area contributed by atoms with Crippen LogP contribution in [0, 0.1) is 0 Å². The molecule has 2 atom stereocenters. The van der Waals surface area contributed by atoms with Crippen LogP contribution in [0.15, 0.2) is 24.5 Å². The van der Waals surface area contributed by atoms with Crippen LogP contribution in [0.2, 0.25) is 0 Å². The molecule has 2 unspecified atom stereocenters. The van der Waals surface area contributed by atoms with Gasteiger partial charge >= 0.3 is 0 Å². The first-order valence-electron chi connectivity index (χ1n) is 3.94. The molecule has 0 radical (unpaired) electrons. The minimum atomic E-state index is -0.505. The summed E-state index contributed by atoms with van der Waals surface area (Å²) in [6.45, 7) is 0.743. The Bertz CT molecular complexity index is 252. The van der Waals surface area contributed by atoms with Crippen molar-refractivity contribution >= 4 is 0 Å². The Kier molecular flexibility index (Phi) is 2.03. The number of hydrogen-bond acceptors (Lipinski definition) is 4. The molecule has 0 saturated carbocycles. The molecule has 3 N–H and O–H groups in total. The van der Waals surface area contributed by atoms with E-state index in [-0.39, 0.29) is 5.92 Å². The number of aromatic nitrogens is 1. The summed E-state index contributed by atoms with van der Waals surface area (Å²) in [5.74, 6) is 0.110. The molecule has 2 rings (SSSR count). The van der Waals surface area contributed by atoms with Crippen LogP contribution in [-0.2, 0) is 0 Å². The van der Waals surface area contributed by atoms with Gasteiger partial charge in [0.25, 0.3) is 0 Å². The first kappa shape index (κ1) is 7.67. The molecule has 1 fully saturated rings. The van der Waals surface area contributed by atoms with E-state index in [9.17, 15) is 5.11 Å². The predicted molar refractivity (Wildman–Crippen MR) is 44.1 cm³/mol. The number of hydrogen-bond donors (Lipinski definition) is 3. The highest BCUT2D eigenvalue weighted by Crippen LogP contribution is 2.18. The highest BCUT2D eigenvalue weighted by molar-refractivity contribution is 5.17. The molecule has 12 heavy (non-hydrogen) atoms. The largest absolute Gasteiger partial charge is 0.377 e. The van der Waals surface area contributed by atoms with E-state index >= 15 is 0 Å². The predicted octanol–water partition coefficient (Wildman–Crippen LogP) is -0.409. The Morgan fingerprint density at radius 3 is 3.08 bits per heavy atom. The third-order valence-corrected chi connectivity index (χ3v) is 2.07. The van der Waals surface area contributed by atoms with Crippen molar-refractivity contribution in [2.45, 2.75) is 12.1 Å². The second kappa shape index (κ2) is 3.18. The van der Waals surface area contributed by atoms with Crippen LogP contribution in [0.25, 0.3) is 0 Å². The van der Waals surface area contributed by atoms with Crippen LogP contribution < -0.4 is 10.9 Å². The third kappa shape index (κ3) is 1.32. The van der Waals surface area contributed by atoms with E-state index in [1.807, 2.05) is 12.1 Å². The summed E-state index contributed by atoms with van der Waals surface area (Å²) >= 11 is 0. The molecule has 0 spiro atoms. The van der Waals surface area contributed by atoms with Crippen molar-refractivity contribution in [2.75, 3.05) is 6.54 Å². The zero-order valence-electron chi connectivity index (χ0n) is 6.57. The second-order valence-electron chi connectivity index (χ2n) is 2.86. The van der Waals surface area contributed by atoms with Gasteiger partial charge in [0.1, 0.15) is 6.23 Å². The normalized spacial score (nSPS) is 29.1. The monoisotopic (exact) mass is 165 g/mol. The van der Waals surface area contributed by atoms with Gasteiger partial charge in [0, 0.05) is 24.9 Å². The molecular weight excluding hydrogens is 154 g/mol. The first-order valence-corrected chi connectivity index (χ1v) is 3.94. The summed E-state index contributed by atoms with van der Waals surface area (Å²) in [6.07, 6.45) is 3.00. The van der Waals surface area contributed by atoms with Crippen molar-refractivity contribution in [3.63, 3.8) is 0 Å². The van der Waals surface area contributed by atoms with E-state index in [0.29, 0.717) is 0 Å². The molecule has 4 heteroatoms. The topological polar surface area (TPSA) is 57.2 Å². The van der Waals surface area contributed by atoms with Crippen LogP contribution in [0.3, 0.4) is 0 Å². The fourth-order valence-corrected chi connectivity index (χ4v) is 1.38. The highest BCUT2D eigenvalue weighted by atomic mass is 16.3. The van der Waals surface area contributed by atoms with Crippen molar-refractivity contribution in [2.24, 2.45) is 0 Å². The molecule has 1 aliphatic rings. The number of pyridine rings is 1. The lowest BCUT2D eigenvalue weighted by molar-refractivity contribution is 0.137. The summed E-state index contributed by atoms with van der Waals surface area (Å²) in [7, 11) is 0. The van der Waals surface area contributed by atoms with E-state index in [2.05, 4.69) is 15.8 Å². The van der Waals surface area contributed by atoms with Crippen LogP contribution in [0.1, 0.15) is 11.5 Å². The van der Waals surface area contributed by atoms with Crippen molar-refractivity contribution in [1.29, 1.82) is 0 Å². The minimum Gasteiger partial charge on any atom is -0.377 e. The van der Waals surface area contributed by atoms with Gasteiger partial charge in [0.15, 0.2) is 0 Å². The van der Waals surface area contributed by atoms with Gasteiger partial charge in [0.05, 0.1) is 0 Å². The summed E-state index contributed by atoms with van der Waals surface area (Å²) in [5, 5.41) is 9.44. The standard InChI is InChI=1S/C8H11N3O/c12-8-7(5-10-11-8)6-2-1-3-9-4-6/h1-4,7-8,10-12H,5H2. The quantitative estimate of drug-likeness (QED) is 0.529. The van der Waals surface area contributed by atoms with Crippen LogP contribution >= 0.6 is 0 Å². The fraction of sp³-hybridized carbons (Fsp3) is 0.375. The number of rotatable bonds is 1. The van der Waals surface area contributed by atoms with Crippen LogP contribution in [-0.4, -0.2) is 22.9 Å². The van der Waals surface area contributed by atoms with Crippen molar-refractivity contribution < 1.29 is 5.11 Å². The molecule has 64 valence electrons. The molecule has 1 aromatic heterocycles. The van der Waals surface area contributed by atoms with Gasteiger partial charge in [-0.25, -0.2) is 5.43 Å². The van der Waals surface area contributed by atoms with Crippen LogP contribution in [0.5, 0.6) is 0 Å². The van der Waals surface area contributed by atoms with Gasteiger partial charge in [-0.15, -0.1) is 0 Å². The SMILES string of the molecule is OC1NNCC1c1cccnc1. The average Bonchev–Trinajstić information content (AvgIpc) is 2.53. The second-order valence-corrected chi connectivity index (χ2v) is 2.86. The zero-order valence-corrected chi connectivity index (χ0v) is 6.57. The van der Waals surface area contributed by atoms with Gasteiger partial charge in [-0.1, -0.05) is 6.07 Å². The van der Waals surface area contributed by atoms with E-state index in [0.717, 1.165) is 12.1 Å². The number of aliphatic hydroxyl groups is 1. The Morgan fingerprint density at radius 2 is 2.50 bits per heavy atom. The summed E-state index contributed by atoms with van der Waals surface area (Å²) in [4.78, 5) is 4.00. The Balaban J connectivity index is 2.19. The van der Waals surface area contributed by atoms with Crippen molar-refractivity contribution in [1.82, 2.24) is 15.8 Å². The maximum Gasteiger partial charge on any atom is 0.125 e. The van der Waals surface area contributed by atoms with E-state index in [1.165, 1.54) is 0 Å². The van der Waals surface area contributed by atoms with E-state index in [4.69, 9.17) is 0 Å². The minimum absolute atomic E-state index is 0.110. The molecule has 0 bridgehead atoms. The number of hydrazine groups is 1. The molecule has 0 amide bonds. The smallest absolute Gasteiger partial charge is 0.125 e. The number of nitrogens with zero attached hydrogens (tertiary/aromatic N) is 1. The molecule has 1 aliphatic heterocycles. The third-order valence-electron chi connectivity index (χ3n) is 2.07.